The van der Waals surface area contributed by atoms with Crippen molar-refractivity contribution in [1.82, 2.24) is 10.2 Å². The summed E-state index contributed by atoms with van der Waals surface area (Å²) in [7, 11) is 0. The first-order valence-electron chi connectivity index (χ1n) is 6.89. The van der Waals surface area contributed by atoms with Crippen LogP contribution in [0.5, 0.6) is 0 Å². The van der Waals surface area contributed by atoms with Crippen molar-refractivity contribution in [2.45, 2.75) is 57.7 Å². The first-order valence-corrected chi connectivity index (χ1v) is 6.89. The number of amides is 1. The van der Waals surface area contributed by atoms with Gasteiger partial charge in [0.15, 0.2) is 0 Å². The van der Waals surface area contributed by atoms with Crippen molar-refractivity contribution >= 4 is 5.91 Å². The molecular weight excluding hydrogens is 216 g/mol. The molecule has 0 saturated heterocycles. The minimum atomic E-state index is 0.259. The Morgan fingerprint density at radius 2 is 2.06 bits per heavy atom. The Hall–Kier alpha value is -0.610. The molecule has 1 amide bonds. The molecule has 2 fully saturated rings. The molecule has 0 radical (unpaired) electrons. The van der Waals surface area contributed by atoms with Crippen LogP contribution in [-0.4, -0.2) is 48.7 Å². The number of hydrogen-bond donors (Lipinski definition) is 1. The third-order valence-corrected chi connectivity index (χ3v) is 3.69. The van der Waals surface area contributed by atoms with Crippen LogP contribution in [0.4, 0.5) is 0 Å². The third kappa shape index (κ3) is 3.42. The minimum absolute atomic E-state index is 0.259. The molecule has 0 unspecified atom stereocenters. The zero-order chi connectivity index (χ0) is 12.3. The summed E-state index contributed by atoms with van der Waals surface area (Å²) < 4.78 is 5.50. The highest BCUT2D eigenvalue weighted by atomic mass is 16.5. The number of rotatable bonds is 7. The molecule has 4 heteroatoms. The highest BCUT2D eigenvalue weighted by molar-refractivity contribution is 5.78. The van der Waals surface area contributed by atoms with Crippen LogP contribution in [0.2, 0.25) is 0 Å². The van der Waals surface area contributed by atoms with Crippen LogP contribution < -0.4 is 5.32 Å². The average Bonchev–Trinajstić information content (AvgIpc) is 3.06. The topological polar surface area (TPSA) is 41.6 Å². The van der Waals surface area contributed by atoms with Crippen LogP contribution in [0.3, 0.4) is 0 Å². The summed E-state index contributed by atoms with van der Waals surface area (Å²) in [5.74, 6) is 0.259. The van der Waals surface area contributed by atoms with Gasteiger partial charge in [0.2, 0.25) is 5.91 Å². The molecule has 98 valence electrons. The molecule has 2 aliphatic rings. The molecule has 0 spiro atoms. The SMILES string of the molecule is CCOC1CC(NCC(=O)N(CC)C2CC2)C1. The lowest BCUT2D eigenvalue weighted by Gasteiger charge is -2.35. The molecule has 0 aliphatic heterocycles. The van der Waals surface area contributed by atoms with E-state index in [0.717, 1.165) is 26.0 Å². The smallest absolute Gasteiger partial charge is 0.236 e. The van der Waals surface area contributed by atoms with Crippen molar-refractivity contribution in [2.75, 3.05) is 19.7 Å². The largest absolute Gasteiger partial charge is 0.378 e. The molecule has 2 rings (SSSR count). The lowest BCUT2D eigenvalue weighted by molar-refractivity contribution is -0.131. The van der Waals surface area contributed by atoms with Crippen LogP contribution in [0, 0.1) is 0 Å². The van der Waals surface area contributed by atoms with Gasteiger partial charge in [-0.15, -0.1) is 0 Å². The van der Waals surface area contributed by atoms with Gasteiger partial charge in [-0.3, -0.25) is 4.79 Å². The summed E-state index contributed by atoms with van der Waals surface area (Å²) in [6, 6.07) is 1.01. The van der Waals surface area contributed by atoms with E-state index in [9.17, 15) is 4.79 Å². The van der Waals surface area contributed by atoms with Crippen LogP contribution >= 0.6 is 0 Å². The second-order valence-electron chi connectivity index (χ2n) is 5.04. The molecule has 2 saturated carbocycles. The van der Waals surface area contributed by atoms with E-state index in [1.807, 2.05) is 11.8 Å². The molecular formula is C13H24N2O2. The van der Waals surface area contributed by atoms with Crippen molar-refractivity contribution in [3.05, 3.63) is 0 Å². The fourth-order valence-electron chi connectivity index (χ4n) is 2.46. The number of ether oxygens (including phenoxy) is 1. The summed E-state index contributed by atoms with van der Waals surface area (Å²) in [5.41, 5.74) is 0. The standard InChI is InChI=1S/C13H24N2O2/c1-3-15(11-5-6-11)13(16)9-14-10-7-12(8-10)17-4-2/h10-12,14H,3-9H2,1-2H3. The minimum Gasteiger partial charge on any atom is -0.378 e. The van der Waals surface area contributed by atoms with Crippen molar-refractivity contribution in [2.24, 2.45) is 0 Å². The quantitative estimate of drug-likeness (QED) is 0.726. The second-order valence-corrected chi connectivity index (χ2v) is 5.04. The van der Waals surface area contributed by atoms with Crippen molar-refractivity contribution in [3.63, 3.8) is 0 Å². The molecule has 0 atom stereocenters. The van der Waals surface area contributed by atoms with E-state index in [-0.39, 0.29) is 5.91 Å². The monoisotopic (exact) mass is 240 g/mol. The summed E-state index contributed by atoms with van der Waals surface area (Å²) in [4.78, 5) is 13.9. The maximum absolute atomic E-state index is 11.9. The van der Waals surface area contributed by atoms with E-state index in [2.05, 4.69) is 12.2 Å². The molecule has 0 heterocycles. The number of nitrogens with zero attached hydrogens (tertiary/aromatic N) is 1. The molecule has 0 aromatic carbocycles. The van der Waals surface area contributed by atoms with Crippen molar-refractivity contribution < 1.29 is 9.53 Å². The molecule has 1 N–H and O–H groups in total. The normalized spacial score (nSPS) is 27.6. The summed E-state index contributed by atoms with van der Waals surface area (Å²) in [5, 5.41) is 3.33. The van der Waals surface area contributed by atoms with Gasteiger partial charge >= 0.3 is 0 Å². The van der Waals surface area contributed by atoms with Gasteiger partial charge in [0.25, 0.3) is 0 Å². The molecule has 17 heavy (non-hydrogen) atoms. The zero-order valence-electron chi connectivity index (χ0n) is 10.9. The molecule has 0 aromatic rings. The fraction of sp³-hybridized carbons (Fsp3) is 0.923. The lowest BCUT2D eigenvalue weighted by Crippen LogP contribution is -2.49. The Bertz CT molecular complexity index is 260. The number of carbonyl (C=O) groups excluding carboxylic acids is 1. The second kappa shape index (κ2) is 5.83. The highest BCUT2D eigenvalue weighted by Gasteiger charge is 2.33. The van der Waals surface area contributed by atoms with E-state index < -0.39 is 0 Å². The number of hydrogen-bond acceptors (Lipinski definition) is 3. The molecule has 4 nitrogen and oxygen atoms in total. The fourth-order valence-corrected chi connectivity index (χ4v) is 2.46. The highest BCUT2D eigenvalue weighted by Crippen LogP contribution is 2.27. The average molecular weight is 240 g/mol. The van der Waals surface area contributed by atoms with E-state index in [0.29, 0.717) is 24.7 Å². The maximum atomic E-state index is 11.9. The van der Waals surface area contributed by atoms with Gasteiger partial charge in [0.05, 0.1) is 12.6 Å². The third-order valence-electron chi connectivity index (χ3n) is 3.69. The zero-order valence-corrected chi connectivity index (χ0v) is 10.9. The van der Waals surface area contributed by atoms with E-state index in [1.54, 1.807) is 0 Å². The Morgan fingerprint density at radius 3 is 2.59 bits per heavy atom. The van der Waals surface area contributed by atoms with Crippen molar-refractivity contribution in [3.8, 4) is 0 Å². The van der Waals surface area contributed by atoms with Gasteiger partial charge in [-0.25, -0.2) is 0 Å². The van der Waals surface area contributed by atoms with Crippen LogP contribution in [0.1, 0.15) is 39.5 Å². The van der Waals surface area contributed by atoms with E-state index >= 15 is 0 Å². The molecule has 0 aromatic heterocycles. The number of carbonyl (C=O) groups is 1. The Morgan fingerprint density at radius 1 is 1.35 bits per heavy atom. The summed E-state index contributed by atoms with van der Waals surface area (Å²) in [6.07, 6.45) is 4.90. The summed E-state index contributed by atoms with van der Waals surface area (Å²) >= 11 is 0. The van der Waals surface area contributed by atoms with E-state index in [1.165, 1.54) is 12.8 Å². The molecule has 2 aliphatic carbocycles. The van der Waals surface area contributed by atoms with Crippen LogP contribution in [0.25, 0.3) is 0 Å². The lowest BCUT2D eigenvalue weighted by atomic mass is 9.89. The first kappa shape index (κ1) is 12.8. The Labute approximate surface area is 104 Å². The van der Waals surface area contributed by atoms with Gasteiger partial charge in [0, 0.05) is 25.2 Å². The Kier molecular flexibility index (Phi) is 4.40. The number of nitrogens with one attached hydrogen (secondary N) is 1. The van der Waals surface area contributed by atoms with Crippen LogP contribution in [0.15, 0.2) is 0 Å². The Balaban J connectivity index is 1.60. The maximum Gasteiger partial charge on any atom is 0.236 e. The number of likely N-dealkylation sites (N-methyl/N-ethyl adjacent to an activating group) is 1. The van der Waals surface area contributed by atoms with Gasteiger partial charge in [-0.05, 0) is 39.5 Å². The van der Waals surface area contributed by atoms with Crippen molar-refractivity contribution in [1.29, 1.82) is 0 Å². The first-order chi connectivity index (χ1) is 8.24. The van der Waals surface area contributed by atoms with Gasteiger partial charge in [0.1, 0.15) is 0 Å². The van der Waals surface area contributed by atoms with E-state index in [4.69, 9.17) is 4.74 Å². The predicted octanol–water partition coefficient (Wildman–Crippen LogP) is 1.15. The van der Waals surface area contributed by atoms with Crippen LogP contribution in [-0.2, 0) is 9.53 Å². The molecule has 0 bridgehead atoms. The van der Waals surface area contributed by atoms with Gasteiger partial charge < -0.3 is 15.0 Å². The summed E-state index contributed by atoms with van der Waals surface area (Å²) in [6.45, 7) is 6.22. The van der Waals surface area contributed by atoms with Gasteiger partial charge in [-0.2, -0.15) is 0 Å². The predicted molar refractivity (Wildman–Crippen MR) is 66.8 cm³/mol. The van der Waals surface area contributed by atoms with Gasteiger partial charge in [-0.1, -0.05) is 0 Å².